The molecule has 4 aromatic rings. The lowest BCUT2D eigenvalue weighted by Gasteiger charge is -2.40. The normalized spacial score (nSPS) is 14.4. The minimum absolute atomic E-state index is 0.0225. The molecule has 0 saturated heterocycles. The number of hydrogen-bond acceptors (Lipinski definition) is 10. The molecule has 1 aliphatic carbocycles. The van der Waals surface area contributed by atoms with Crippen LogP contribution in [0.4, 0.5) is 24.8 Å². The molecule has 0 aromatic carbocycles. The van der Waals surface area contributed by atoms with Crippen LogP contribution in [0.5, 0.6) is 5.88 Å². The topological polar surface area (TPSA) is 144 Å². The van der Waals surface area contributed by atoms with E-state index in [0.717, 1.165) is 43.7 Å². The summed E-state index contributed by atoms with van der Waals surface area (Å²) in [5.41, 5.74) is 1.42. The second-order valence-electron chi connectivity index (χ2n) is 12.5. The van der Waals surface area contributed by atoms with E-state index >= 15 is 0 Å². The highest BCUT2D eigenvalue weighted by molar-refractivity contribution is 6.03. The fourth-order valence-electron chi connectivity index (χ4n) is 6.43. The smallest absolute Gasteiger partial charge is 0.421 e. The van der Waals surface area contributed by atoms with Crippen LogP contribution in [0.3, 0.4) is 0 Å². The number of fused-ring (bicyclic) bond motifs is 1. The maximum atomic E-state index is 14.0. The third-order valence-corrected chi connectivity index (χ3v) is 8.74. The van der Waals surface area contributed by atoms with Crippen LogP contribution in [0.2, 0.25) is 0 Å². The minimum Gasteiger partial charge on any atom is -0.478 e. The highest BCUT2D eigenvalue weighted by Gasteiger charge is 2.37. The Morgan fingerprint density at radius 3 is 2.48 bits per heavy atom. The number of nitrogens with one attached hydrogen (secondary N) is 2. The lowest BCUT2D eigenvalue weighted by atomic mass is 9.74. The van der Waals surface area contributed by atoms with Crippen LogP contribution in [-0.4, -0.2) is 77.3 Å². The predicted octanol–water partition coefficient (Wildman–Crippen LogP) is 6.61. The molecule has 5 rings (SSSR count). The average Bonchev–Trinajstić information content (AvgIpc) is 3.49. The molecule has 0 bridgehead atoms. The summed E-state index contributed by atoms with van der Waals surface area (Å²) in [6, 6.07) is 5.93. The SMILES string of the molecule is CCOC(=O)CCc1ccc(C(=O)Nc2nc3nc(-c4cnc(OCC)c(C(F)(F)F)c4)cc(N(C)CC4(COC)CCCCC4)c3[nH]2)nc1. The van der Waals surface area contributed by atoms with Gasteiger partial charge in [-0.1, -0.05) is 25.3 Å². The number of alkyl halides is 3. The van der Waals surface area contributed by atoms with Crippen molar-refractivity contribution < 1.29 is 37.0 Å². The number of halogens is 3. The summed E-state index contributed by atoms with van der Waals surface area (Å²) < 4.78 is 57.9. The number of aromatic amines is 1. The molecule has 15 heteroatoms. The molecule has 0 aliphatic heterocycles. The van der Waals surface area contributed by atoms with Crippen LogP contribution >= 0.6 is 0 Å². The molecule has 0 atom stereocenters. The van der Waals surface area contributed by atoms with E-state index in [4.69, 9.17) is 14.2 Å². The van der Waals surface area contributed by atoms with Crippen molar-refractivity contribution in [2.24, 2.45) is 5.41 Å². The number of anilines is 2. The molecule has 50 heavy (non-hydrogen) atoms. The van der Waals surface area contributed by atoms with E-state index in [2.05, 4.69) is 30.2 Å². The number of aromatic nitrogens is 5. The number of H-pyrrole nitrogens is 1. The van der Waals surface area contributed by atoms with E-state index in [1.165, 1.54) is 12.4 Å². The van der Waals surface area contributed by atoms with Gasteiger partial charge in [0.15, 0.2) is 5.65 Å². The van der Waals surface area contributed by atoms with Gasteiger partial charge < -0.3 is 24.1 Å². The molecular weight excluding hydrogens is 655 g/mol. The maximum absolute atomic E-state index is 14.0. The van der Waals surface area contributed by atoms with Crippen molar-refractivity contribution in [2.75, 3.05) is 50.7 Å². The lowest BCUT2D eigenvalue weighted by Crippen LogP contribution is -2.40. The lowest BCUT2D eigenvalue weighted by molar-refractivity contribution is -0.143. The summed E-state index contributed by atoms with van der Waals surface area (Å²) in [7, 11) is 3.60. The number of carbonyl (C=O) groups is 2. The first kappa shape index (κ1) is 36.5. The number of carbonyl (C=O) groups excluding carboxylic acids is 2. The number of imidazole rings is 1. The molecule has 1 aliphatic rings. The number of hydrogen-bond donors (Lipinski definition) is 2. The number of esters is 1. The fraction of sp³-hybridized carbons (Fsp3) is 0.486. The molecule has 0 unspecified atom stereocenters. The zero-order valence-corrected chi connectivity index (χ0v) is 28.7. The van der Waals surface area contributed by atoms with Gasteiger partial charge in [-0.15, -0.1) is 0 Å². The summed E-state index contributed by atoms with van der Waals surface area (Å²) in [6.45, 7) is 4.83. The molecule has 4 aromatic heterocycles. The van der Waals surface area contributed by atoms with Crippen molar-refractivity contribution in [1.29, 1.82) is 0 Å². The molecule has 1 saturated carbocycles. The Bertz CT molecular complexity index is 1780. The number of ether oxygens (including phenoxy) is 3. The standard InChI is InChI=1S/C35H42F3N7O5/c1-5-49-28(46)13-11-22-10-12-25(39-18-22)31(47)44-33-42-29-27(45(3)20-34(21-48-4)14-8-7-9-15-34)17-26(41-30(29)43-33)23-16-24(35(36,37)38)32(40-19-23)50-6-2/h10,12,16-19H,5-9,11,13-15,20-21H2,1-4H3,(H2,41,42,43,44,47). The summed E-state index contributed by atoms with van der Waals surface area (Å²) >= 11 is 0. The quantitative estimate of drug-likeness (QED) is 0.138. The number of amides is 1. The Morgan fingerprint density at radius 2 is 1.82 bits per heavy atom. The molecule has 268 valence electrons. The summed E-state index contributed by atoms with van der Waals surface area (Å²) in [5, 5.41) is 2.72. The molecule has 2 N–H and O–H groups in total. The van der Waals surface area contributed by atoms with Crippen LogP contribution < -0.4 is 15.0 Å². The van der Waals surface area contributed by atoms with Crippen LogP contribution in [0, 0.1) is 5.41 Å². The maximum Gasteiger partial charge on any atom is 0.421 e. The van der Waals surface area contributed by atoms with Gasteiger partial charge in [0, 0.05) is 50.5 Å². The molecular formula is C35H42F3N7O5. The van der Waals surface area contributed by atoms with Crippen molar-refractivity contribution in [3.8, 4) is 17.1 Å². The predicted molar refractivity (Wildman–Crippen MR) is 181 cm³/mol. The van der Waals surface area contributed by atoms with Gasteiger partial charge in [0.25, 0.3) is 5.91 Å². The number of rotatable bonds is 14. The zero-order valence-electron chi connectivity index (χ0n) is 28.7. The summed E-state index contributed by atoms with van der Waals surface area (Å²) in [4.78, 5) is 47.4. The van der Waals surface area contributed by atoms with E-state index in [1.54, 1.807) is 39.2 Å². The highest BCUT2D eigenvalue weighted by Crippen LogP contribution is 2.41. The van der Waals surface area contributed by atoms with E-state index in [-0.39, 0.29) is 53.0 Å². The van der Waals surface area contributed by atoms with Crippen LogP contribution in [0.25, 0.3) is 22.4 Å². The Morgan fingerprint density at radius 1 is 1.04 bits per heavy atom. The highest BCUT2D eigenvalue weighted by atomic mass is 19.4. The summed E-state index contributed by atoms with van der Waals surface area (Å²) in [5.74, 6) is -1.27. The van der Waals surface area contributed by atoms with Gasteiger partial charge in [0.05, 0.1) is 31.2 Å². The fourth-order valence-corrected chi connectivity index (χ4v) is 6.43. The van der Waals surface area contributed by atoms with Crippen molar-refractivity contribution in [2.45, 2.75) is 65.0 Å². The monoisotopic (exact) mass is 697 g/mol. The Kier molecular flexibility index (Phi) is 11.6. The van der Waals surface area contributed by atoms with Gasteiger partial charge in [-0.25, -0.2) is 9.97 Å². The van der Waals surface area contributed by atoms with Gasteiger partial charge in [-0.3, -0.25) is 19.9 Å². The van der Waals surface area contributed by atoms with Crippen molar-refractivity contribution in [1.82, 2.24) is 24.9 Å². The van der Waals surface area contributed by atoms with Crippen LogP contribution in [0.1, 0.15) is 74.0 Å². The van der Waals surface area contributed by atoms with Gasteiger partial charge in [0.2, 0.25) is 11.8 Å². The van der Waals surface area contributed by atoms with E-state index in [9.17, 15) is 22.8 Å². The molecule has 1 amide bonds. The first-order valence-electron chi connectivity index (χ1n) is 16.7. The second-order valence-corrected chi connectivity index (χ2v) is 12.5. The molecule has 0 spiro atoms. The van der Waals surface area contributed by atoms with Crippen molar-refractivity contribution in [3.05, 3.63) is 53.5 Å². The van der Waals surface area contributed by atoms with E-state index in [0.29, 0.717) is 37.4 Å². The average molecular weight is 698 g/mol. The van der Waals surface area contributed by atoms with Gasteiger partial charge in [-0.2, -0.15) is 18.2 Å². The van der Waals surface area contributed by atoms with E-state index in [1.807, 2.05) is 11.9 Å². The van der Waals surface area contributed by atoms with E-state index < -0.39 is 23.5 Å². The zero-order chi connectivity index (χ0) is 35.9. The van der Waals surface area contributed by atoms with Crippen molar-refractivity contribution in [3.63, 3.8) is 0 Å². The largest absolute Gasteiger partial charge is 0.478 e. The Balaban J connectivity index is 1.49. The van der Waals surface area contributed by atoms with Crippen molar-refractivity contribution >= 4 is 34.7 Å². The van der Waals surface area contributed by atoms with Crippen LogP contribution in [0.15, 0.2) is 36.7 Å². The molecule has 0 radical (unpaired) electrons. The molecule has 4 heterocycles. The Hall–Kier alpha value is -4.79. The number of aryl methyl sites for hydroxylation is 1. The Labute approximate surface area is 288 Å². The third-order valence-electron chi connectivity index (χ3n) is 8.74. The molecule has 1 fully saturated rings. The van der Waals surface area contributed by atoms with Crippen LogP contribution in [-0.2, 0) is 26.9 Å². The summed E-state index contributed by atoms with van der Waals surface area (Å²) in [6.07, 6.45) is 3.98. The first-order chi connectivity index (χ1) is 23.9. The van der Waals surface area contributed by atoms with Gasteiger partial charge in [0.1, 0.15) is 16.8 Å². The first-order valence-corrected chi connectivity index (χ1v) is 16.7. The third kappa shape index (κ3) is 8.67. The second kappa shape index (κ2) is 15.8. The number of pyridine rings is 3. The number of methoxy groups -OCH3 is 1. The number of nitrogens with zero attached hydrogens (tertiary/aromatic N) is 5. The van der Waals surface area contributed by atoms with Gasteiger partial charge in [-0.05, 0) is 56.9 Å². The van der Waals surface area contributed by atoms with Gasteiger partial charge >= 0.3 is 12.1 Å². The minimum atomic E-state index is -4.71. The molecule has 12 nitrogen and oxygen atoms in total.